The van der Waals surface area contributed by atoms with E-state index in [9.17, 15) is 18.0 Å². The van der Waals surface area contributed by atoms with Gasteiger partial charge in [0.05, 0.1) is 23.4 Å². The lowest BCUT2D eigenvalue weighted by atomic mass is 10.1. The van der Waals surface area contributed by atoms with E-state index >= 15 is 0 Å². The summed E-state index contributed by atoms with van der Waals surface area (Å²) >= 11 is 3.09. The standard InChI is InChI=1S/C14H16BrFN4O5S/c1-17-26(22,23)5-4-24-8-13-14(20-25-19-13)12(18-21)7-9-2-3-11(16)10(15)6-9/h2-3,6,17,21H,4-5,7-8H2,1H3/b18-12+. The van der Waals surface area contributed by atoms with Crippen molar-refractivity contribution in [1.82, 2.24) is 15.0 Å². The van der Waals surface area contributed by atoms with Gasteiger partial charge in [-0.05, 0) is 45.8 Å². The topological polar surface area (TPSA) is 127 Å². The van der Waals surface area contributed by atoms with Crippen molar-refractivity contribution in [2.45, 2.75) is 13.0 Å². The lowest BCUT2D eigenvalue weighted by molar-refractivity contribution is 0.129. The monoisotopic (exact) mass is 450 g/mol. The molecule has 0 atom stereocenters. The van der Waals surface area contributed by atoms with E-state index in [-0.39, 0.29) is 47.0 Å². The van der Waals surface area contributed by atoms with Crippen molar-refractivity contribution in [3.63, 3.8) is 0 Å². The molecule has 0 saturated heterocycles. The molecule has 1 aromatic heterocycles. The second-order valence-electron chi connectivity index (χ2n) is 5.11. The van der Waals surface area contributed by atoms with Crippen LogP contribution < -0.4 is 4.72 Å². The van der Waals surface area contributed by atoms with E-state index in [2.05, 4.69) is 40.8 Å². The molecule has 0 aliphatic carbocycles. The van der Waals surface area contributed by atoms with Crippen molar-refractivity contribution in [2.24, 2.45) is 5.16 Å². The maximum absolute atomic E-state index is 13.3. The third-order valence-corrected chi connectivity index (χ3v) is 5.29. The molecule has 0 amide bonds. The highest BCUT2D eigenvalue weighted by Gasteiger charge is 2.18. The highest BCUT2D eigenvalue weighted by atomic mass is 79.9. The molecule has 0 aliphatic rings. The number of rotatable bonds is 9. The zero-order valence-corrected chi connectivity index (χ0v) is 16.0. The van der Waals surface area contributed by atoms with Gasteiger partial charge in [0.2, 0.25) is 10.0 Å². The largest absolute Gasteiger partial charge is 0.411 e. The molecular formula is C14H16BrFN4O5S. The lowest BCUT2D eigenvalue weighted by Crippen LogP contribution is -2.24. The van der Waals surface area contributed by atoms with Gasteiger partial charge in [-0.25, -0.2) is 22.2 Å². The first-order valence-electron chi connectivity index (χ1n) is 7.32. The molecule has 1 heterocycles. The molecular weight excluding hydrogens is 435 g/mol. The van der Waals surface area contributed by atoms with Gasteiger partial charge in [0.25, 0.3) is 0 Å². The Balaban J connectivity index is 2.03. The van der Waals surface area contributed by atoms with Crippen LogP contribution in [0.2, 0.25) is 0 Å². The van der Waals surface area contributed by atoms with Gasteiger partial charge in [0.1, 0.15) is 17.2 Å². The smallest absolute Gasteiger partial charge is 0.213 e. The van der Waals surface area contributed by atoms with Gasteiger partial charge in [-0.3, -0.25) is 0 Å². The van der Waals surface area contributed by atoms with Crippen molar-refractivity contribution in [3.05, 3.63) is 45.4 Å². The molecule has 142 valence electrons. The molecule has 9 nitrogen and oxygen atoms in total. The first kappa shape index (κ1) is 20.4. The fraction of sp³-hybridized carbons (Fsp3) is 0.357. The number of benzene rings is 1. The van der Waals surface area contributed by atoms with Gasteiger partial charge in [-0.15, -0.1) is 0 Å². The molecule has 0 unspecified atom stereocenters. The fourth-order valence-corrected chi connectivity index (χ4v) is 2.94. The van der Waals surface area contributed by atoms with Crippen LogP contribution in [0.1, 0.15) is 17.0 Å². The third-order valence-electron chi connectivity index (χ3n) is 3.35. The summed E-state index contributed by atoms with van der Waals surface area (Å²) in [5.74, 6) is -0.626. The van der Waals surface area contributed by atoms with E-state index in [1.54, 1.807) is 6.07 Å². The molecule has 12 heteroatoms. The summed E-state index contributed by atoms with van der Waals surface area (Å²) in [7, 11) is -2.06. The third kappa shape index (κ3) is 5.56. The Morgan fingerprint density at radius 2 is 2.23 bits per heavy atom. The summed E-state index contributed by atoms with van der Waals surface area (Å²) in [6.45, 7) is -0.143. The maximum Gasteiger partial charge on any atom is 0.213 e. The number of aromatic nitrogens is 2. The van der Waals surface area contributed by atoms with Crippen molar-refractivity contribution >= 4 is 31.7 Å². The second-order valence-corrected chi connectivity index (χ2v) is 8.01. The summed E-state index contributed by atoms with van der Waals surface area (Å²) in [5, 5.41) is 19.9. The zero-order chi connectivity index (χ0) is 19.2. The number of halogens is 2. The molecule has 26 heavy (non-hydrogen) atoms. The van der Waals surface area contributed by atoms with Crippen molar-refractivity contribution in [1.29, 1.82) is 0 Å². The lowest BCUT2D eigenvalue weighted by Gasteiger charge is -2.06. The van der Waals surface area contributed by atoms with Crippen LogP contribution in [0.15, 0.2) is 32.5 Å². The average Bonchev–Trinajstić information content (AvgIpc) is 3.08. The molecule has 0 radical (unpaired) electrons. The summed E-state index contributed by atoms with van der Waals surface area (Å²) in [5.41, 5.74) is 1.23. The van der Waals surface area contributed by atoms with Crippen molar-refractivity contribution < 1.29 is 27.4 Å². The van der Waals surface area contributed by atoms with Crippen LogP contribution in [-0.2, 0) is 27.8 Å². The molecule has 0 aliphatic heterocycles. The number of hydrogen-bond donors (Lipinski definition) is 2. The van der Waals surface area contributed by atoms with E-state index in [0.717, 1.165) is 0 Å². The molecule has 2 aromatic rings. The Morgan fingerprint density at radius 3 is 2.88 bits per heavy atom. The minimum Gasteiger partial charge on any atom is -0.411 e. The van der Waals surface area contributed by atoms with Gasteiger partial charge in [0.15, 0.2) is 5.69 Å². The minimum absolute atomic E-state index is 0.0635. The predicted molar refractivity (Wildman–Crippen MR) is 92.9 cm³/mol. The zero-order valence-electron chi connectivity index (χ0n) is 13.6. The van der Waals surface area contributed by atoms with Gasteiger partial charge in [-0.2, -0.15) is 0 Å². The summed E-state index contributed by atoms with van der Waals surface area (Å²) in [6.07, 6.45) is 0.144. The highest BCUT2D eigenvalue weighted by Crippen LogP contribution is 2.19. The van der Waals surface area contributed by atoms with Crippen molar-refractivity contribution in [2.75, 3.05) is 19.4 Å². The molecule has 2 rings (SSSR count). The number of nitrogens with one attached hydrogen (secondary N) is 1. The minimum atomic E-state index is -3.37. The first-order chi connectivity index (χ1) is 12.4. The number of hydrogen-bond acceptors (Lipinski definition) is 8. The number of ether oxygens (including phenoxy) is 1. The summed E-state index contributed by atoms with van der Waals surface area (Å²) in [4.78, 5) is 0. The van der Waals surface area contributed by atoms with Crippen LogP contribution in [0.25, 0.3) is 0 Å². The molecule has 1 aromatic carbocycles. The Morgan fingerprint density at radius 1 is 1.46 bits per heavy atom. The Kier molecular flexibility index (Phi) is 7.20. The summed E-state index contributed by atoms with van der Waals surface area (Å²) in [6, 6.07) is 4.37. The van der Waals surface area contributed by atoms with Crippen LogP contribution in [-0.4, -0.2) is 49.1 Å². The number of oxime groups is 1. The molecule has 2 N–H and O–H groups in total. The van der Waals surface area contributed by atoms with Gasteiger partial charge < -0.3 is 9.94 Å². The van der Waals surface area contributed by atoms with Crippen LogP contribution in [0, 0.1) is 5.82 Å². The first-order valence-corrected chi connectivity index (χ1v) is 9.76. The van der Waals surface area contributed by atoms with E-state index in [0.29, 0.717) is 5.56 Å². The molecule has 0 fully saturated rings. The molecule has 0 bridgehead atoms. The highest BCUT2D eigenvalue weighted by molar-refractivity contribution is 9.10. The Hall–Kier alpha value is -1.89. The van der Waals surface area contributed by atoms with Crippen LogP contribution in [0.4, 0.5) is 4.39 Å². The van der Waals surface area contributed by atoms with Gasteiger partial charge in [-0.1, -0.05) is 16.4 Å². The van der Waals surface area contributed by atoms with Crippen LogP contribution >= 0.6 is 15.9 Å². The summed E-state index contributed by atoms with van der Waals surface area (Å²) < 4.78 is 48.3. The molecule has 0 spiro atoms. The fourth-order valence-electron chi connectivity index (χ4n) is 1.97. The van der Waals surface area contributed by atoms with Crippen LogP contribution in [0.5, 0.6) is 0 Å². The number of nitrogens with zero attached hydrogens (tertiary/aromatic N) is 3. The second kappa shape index (κ2) is 9.16. The van der Waals surface area contributed by atoms with Crippen molar-refractivity contribution in [3.8, 4) is 0 Å². The Bertz CT molecular complexity index is 887. The average molecular weight is 451 g/mol. The van der Waals surface area contributed by atoms with Gasteiger partial charge >= 0.3 is 0 Å². The van der Waals surface area contributed by atoms with E-state index in [1.165, 1.54) is 19.2 Å². The van der Waals surface area contributed by atoms with E-state index < -0.39 is 15.8 Å². The Labute approximate surface area is 157 Å². The predicted octanol–water partition coefficient (Wildman–Crippen LogP) is 1.46. The van der Waals surface area contributed by atoms with Crippen LogP contribution in [0.3, 0.4) is 0 Å². The maximum atomic E-state index is 13.3. The van der Waals surface area contributed by atoms with E-state index in [1.807, 2.05) is 0 Å². The number of sulfonamides is 1. The molecule has 0 saturated carbocycles. The normalized spacial score (nSPS) is 12.5. The quantitative estimate of drug-likeness (QED) is 0.256. The van der Waals surface area contributed by atoms with Gasteiger partial charge in [0, 0.05) is 6.42 Å². The van der Waals surface area contributed by atoms with E-state index in [4.69, 9.17) is 4.74 Å². The SMILES string of the molecule is CNS(=O)(=O)CCOCc1nonc1/C(Cc1ccc(F)c(Br)c1)=N/O.